The summed E-state index contributed by atoms with van der Waals surface area (Å²) in [5.41, 5.74) is 1.23. The molecular formula is C8H17NO. The van der Waals surface area contributed by atoms with Crippen LogP contribution in [0, 0.1) is 0 Å². The molecule has 60 valence electrons. The SMILES string of the molecule is C=C(CCCO)CCNC. The van der Waals surface area contributed by atoms with E-state index in [1.807, 2.05) is 7.05 Å². The minimum Gasteiger partial charge on any atom is -0.396 e. The Labute approximate surface area is 62.9 Å². The van der Waals surface area contributed by atoms with Gasteiger partial charge in [0.25, 0.3) is 0 Å². The van der Waals surface area contributed by atoms with E-state index >= 15 is 0 Å². The van der Waals surface area contributed by atoms with Gasteiger partial charge in [-0.15, -0.1) is 0 Å². The third-order valence-electron chi connectivity index (χ3n) is 1.42. The lowest BCUT2D eigenvalue weighted by Gasteiger charge is -2.02. The first-order valence-corrected chi connectivity index (χ1v) is 3.73. The molecule has 2 heteroatoms. The van der Waals surface area contributed by atoms with Crippen LogP contribution < -0.4 is 5.32 Å². The maximum atomic E-state index is 8.48. The van der Waals surface area contributed by atoms with E-state index in [2.05, 4.69) is 11.9 Å². The topological polar surface area (TPSA) is 32.3 Å². The Morgan fingerprint density at radius 2 is 2.20 bits per heavy atom. The van der Waals surface area contributed by atoms with Crippen molar-refractivity contribution < 1.29 is 5.11 Å². The van der Waals surface area contributed by atoms with Gasteiger partial charge in [-0.1, -0.05) is 12.2 Å². The van der Waals surface area contributed by atoms with Crippen molar-refractivity contribution in [3.8, 4) is 0 Å². The number of hydrogen-bond donors (Lipinski definition) is 2. The van der Waals surface area contributed by atoms with Crippen molar-refractivity contribution in [2.45, 2.75) is 19.3 Å². The van der Waals surface area contributed by atoms with Crippen molar-refractivity contribution in [3.63, 3.8) is 0 Å². The van der Waals surface area contributed by atoms with Crippen LogP contribution in [0.4, 0.5) is 0 Å². The Morgan fingerprint density at radius 3 is 2.70 bits per heavy atom. The third-order valence-corrected chi connectivity index (χ3v) is 1.42. The predicted octanol–water partition coefficient (Wildman–Crippen LogP) is 0.925. The maximum absolute atomic E-state index is 8.48. The summed E-state index contributed by atoms with van der Waals surface area (Å²) in [4.78, 5) is 0. The Bertz CT molecular complexity index is 81.3. The van der Waals surface area contributed by atoms with Gasteiger partial charge in [0.05, 0.1) is 0 Å². The van der Waals surface area contributed by atoms with E-state index in [4.69, 9.17) is 5.11 Å². The van der Waals surface area contributed by atoms with Crippen LogP contribution >= 0.6 is 0 Å². The van der Waals surface area contributed by atoms with Gasteiger partial charge in [0.1, 0.15) is 0 Å². The average molecular weight is 143 g/mol. The van der Waals surface area contributed by atoms with Crippen molar-refractivity contribution >= 4 is 0 Å². The first-order chi connectivity index (χ1) is 4.81. The van der Waals surface area contributed by atoms with Crippen molar-refractivity contribution in [2.24, 2.45) is 0 Å². The molecule has 0 atom stereocenters. The normalized spacial score (nSPS) is 9.80. The molecule has 0 unspecified atom stereocenters. The molecule has 0 aromatic carbocycles. The fourth-order valence-electron chi connectivity index (χ4n) is 0.756. The number of nitrogens with one attached hydrogen (secondary N) is 1. The second-order valence-electron chi connectivity index (χ2n) is 2.43. The standard InChI is InChI=1S/C8H17NO/c1-8(4-3-7-10)5-6-9-2/h9-10H,1,3-7H2,2H3. The van der Waals surface area contributed by atoms with Gasteiger partial charge in [-0.3, -0.25) is 0 Å². The zero-order valence-electron chi connectivity index (χ0n) is 6.69. The molecule has 0 aromatic rings. The zero-order valence-corrected chi connectivity index (χ0v) is 6.69. The van der Waals surface area contributed by atoms with E-state index in [-0.39, 0.29) is 6.61 Å². The molecule has 0 radical (unpaired) electrons. The van der Waals surface area contributed by atoms with Gasteiger partial charge in [-0.05, 0) is 32.9 Å². The van der Waals surface area contributed by atoms with Crippen LogP contribution in [-0.2, 0) is 0 Å². The number of aliphatic hydroxyl groups excluding tert-OH is 1. The highest BCUT2D eigenvalue weighted by molar-refractivity contribution is 4.93. The monoisotopic (exact) mass is 143 g/mol. The highest BCUT2D eigenvalue weighted by Crippen LogP contribution is 2.04. The van der Waals surface area contributed by atoms with Gasteiger partial charge in [0, 0.05) is 6.61 Å². The summed E-state index contributed by atoms with van der Waals surface area (Å²) in [6.07, 6.45) is 2.83. The summed E-state index contributed by atoms with van der Waals surface area (Å²) < 4.78 is 0. The van der Waals surface area contributed by atoms with Crippen LogP contribution in [0.2, 0.25) is 0 Å². The molecule has 0 aliphatic heterocycles. The van der Waals surface area contributed by atoms with Crippen LogP contribution in [0.15, 0.2) is 12.2 Å². The molecule has 10 heavy (non-hydrogen) atoms. The first kappa shape index (κ1) is 9.66. The molecular weight excluding hydrogens is 126 g/mol. The van der Waals surface area contributed by atoms with E-state index in [0.717, 1.165) is 25.8 Å². The Kier molecular flexibility index (Phi) is 6.55. The lowest BCUT2D eigenvalue weighted by atomic mass is 10.1. The van der Waals surface area contributed by atoms with Gasteiger partial charge in [0.2, 0.25) is 0 Å². The molecule has 0 fully saturated rings. The second-order valence-corrected chi connectivity index (χ2v) is 2.43. The number of aliphatic hydroxyl groups is 1. The molecule has 0 amide bonds. The van der Waals surface area contributed by atoms with Crippen molar-refractivity contribution in [2.75, 3.05) is 20.2 Å². The summed E-state index contributed by atoms with van der Waals surface area (Å²) in [5, 5.41) is 11.5. The second kappa shape index (κ2) is 6.78. The summed E-state index contributed by atoms with van der Waals surface area (Å²) >= 11 is 0. The minimum atomic E-state index is 0.276. The van der Waals surface area contributed by atoms with Crippen molar-refractivity contribution in [3.05, 3.63) is 12.2 Å². The molecule has 0 aromatic heterocycles. The Hall–Kier alpha value is -0.340. The molecule has 0 aliphatic carbocycles. The molecule has 0 heterocycles. The zero-order chi connectivity index (χ0) is 7.82. The van der Waals surface area contributed by atoms with Crippen LogP contribution in [0.25, 0.3) is 0 Å². The molecule has 2 N–H and O–H groups in total. The van der Waals surface area contributed by atoms with Crippen molar-refractivity contribution in [1.82, 2.24) is 5.32 Å². The van der Waals surface area contributed by atoms with Crippen LogP contribution in [0.1, 0.15) is 19.3 Å². The lowest BCUT2D eigenvalue weighted by Crippen LogP contribution is -2.08. The van der Waals surface area contributed by atoms with E-state index in [9.17, 15) is 0 Å². The summed E-state index contributed by atoms with van der Waals surface area (Å²) in [7, 11) is 1.93. The Balaban J connectivity index is 3.09. The maximum Gasteiger partial charge on any atom is 0.0434 e. The molecule has 0 rings (SSSR count). The fraction of sp³-hybridized carbons (Fsp3) is 0.750. The smallest absolute Gasteiger partial charge is 0.0434 e. The number of hydrogen-bond acceptors (Lipinski definition) is 2. The van der Waals surface area contributed by atoms with Crippen LogP contribution in [0.3, 0.4) is 0 Å². The lowest BCUT2D eigenvalue weighted by molar-refractivity contribution is 0.288. The molecule has 2 nitrogen and oxygen atoms in total. The minimum absolute atomic E-state index is 0.276. The largest absolute Gasteiger partial charge is 0.396 e. The van der Waals surface area contributed by atoms with Crippen LogP contribution in [0.5, 0.6) is 0 Å². The van der Waals surface area contributed by atoms with Gasteiger partial charge < -0.3 is 10.4 Å². The molecule has 0 saturated heterocycles. The molecule has 0 bridgehead atoms. The quantitative estimate of drug-likeness (QED) is 0.542. The number of rotatable bonds is 6. The highest BCUT2D eigenvalue weighted by atomic mass is 16.2. The summed E-state index contributed by atoms with van der Waals surface area (Å²) in [6.45, 7) is 5.15. The van der Waals surface area contributed by atoms with Gasteiger partial charge in [-0.2, -0.15) is 0 Å². The van der Waals surface area contributed by atoms with E-state index in [1.165, 1.54) is 5.57 Å². The van der Waals surface area contributed by atoms with E-state index < -0.39 is 0 Å². The van der Waals surface area contributed by atoms with Gasteiger partial charge >= 0.3 is 0 Å². The summed E-state index contributed by atoms with van der Waals surface area (Å²) in [6, 6.07) is 0. The van der Waals surface area contributed by atoms with Gasteiger partial charge in [-0.25, -0.2) is 0 Å². The Morgan fingerprint density at radius 1 is 1.50 bits per heavy atom. The molecule has 0 spiro atoms. The van der Waals surface area contributed by atoms with Crippen LogP contribution in [-0.4, -0.2) is 25.3 Å². The molecule has 0 saturated carbocycles. The van der Waals surface area contributed by atoms with Crippen molar-refractivity contribution in [1.29, 1.82) is 0 Å². The average Bonchev–Trinajstić information content (AvgIpc) is 1.97. The fourth-order valence-corrected chi connectivity index (χ4v) is 0.756. The summed E-state index contributed by atoms with van der Waals surface area (Å²) in [5.74, 6) is 0. The third kappa shape index (κ3) is 5.79. The first-order valence-electron chi connectivity index (χ1n) is 3.73. The van der Waals surface area contributed by atoms with E-state index in [1.54, 1.807) is 0 Å². The van der Waals surface area contributed by atoms with Gasteiger partial charge in [0.15, 0.2) is 0 Å². The highest BCUT2D eigenvalue weighted by Gasteiger charge is 1.91. The van der Waals surface area contributed by atoms with E-state index in [0.29, 0.717) is 0 Å². The predicted molar refractivity (Wildman–Crippen MR) is 44.0 cm³/mol. The molecule has 0 aliphatic rings.